The summed E-state index contributed by atoms with van der Waals surface area (Å²) in [5.74, 6) is 0. The van der Waals surface area contributed by atoms with Crippen LogP contribution >= 0.6 is 23.2 Å². The van der Waals surface area contributed by atoms with Crippen LogP contribution in [0.1, 0.15) is 13.8 Å². The summed E-state index contributed by atoms with van der Waals surface area (Å²) in [7, 11) is -4.03. The van der Waals surface area contributed by atoms with E-state index >= 15 is 0 Å². The Labute approximate surface area is 99.2 Å². The van der Waals surface area contributed by atoms with Gasteiger partial charge in [-0.25, -0.2) is 13.6 Å². The van der Waals surface area contributed by atoms with Crippen LogP contribution in [0.4, 0.5) is 0 Å². The molecule has 0 bridgehead atoms. The summed E-state index contributed by atoms with van der Waals surface area (Å²) >= 11 is 11.1. The van der Waals surface area contributed by atoms with E-state index < -0.39 is 20.7 Å². The summed E-state index contributed by atoms with van der Waals surface area (Å²) < 4.78 is 31.2. The topological polar surface area (TPSA) is 78.6 Å². The Hall–Kier alpha value is 0.150. The quantitative estimate of drug-likeness (QED) is 0.743. The molecule has 0 saturated heterocycles. The normalized spacial score (nSPS) is 14.3. The largest absolute Gasteiger partial charge is 0.348 e. The molecule has 2 N–H and O–H groups in total. The lowest BCUT2D eigenvalue weighted by Gasteiger charge is -2.16. The molecule has 0 aliphatic rings. The fourth-order valence-electron chi connectivity index (χ4n) is 0.726. The van der Waals surface area contributed by atoms with Gasteiger partial charge in [0.1, 0.15) is 5.03 Å². The molecule has 90 valence electrons. The maximum Gasteiger partial charge on any atom is 0.250 e. The van der Waals surface area contributed by atoms with E-state index in [1.165, 1.54) is 0 Å². The van der Waals surface area contributed by atoms with E-state index in [0.29, 0.717) is 13.2 Å². The van der Waals surface area contributed by atoms with Crippen LogP contribution in [-0.4, -0.2) is 27.9 Å². The van der Waals surface area contributed by atoms with Gasteiger partial charge in [-0.05, 0) is 13.8 Å². The van der Waals surface area contributed by atoms with Gasteiger partial charge in [-0.3, -0.25) is 0 Å². The summed E-state index contributed by atoms with van der Waals surface area (Å²) in [5, 5.41) is 4.52. The van der Waals surface area contributed by atoms with Crippen molar-refractivity contribution in [3.8, 4) is 0 Å². The second-order valence-electron chi connectivity index (χ2n) is 2.41. The van der Waals surface area contributed by atoms with E-state index in [1.54, 1.807) is 13.8 Å². The molecule has 0 aromatic carbocycles. The van der Waals surface area contributed by atoms with Gasteiger partial charge < -0.3 is 9.47 Å². The van der Waals surface area contributed by atoms with Crippen molar-refractivity contribution in [1.82, 2.24) is 0 Å². The number of primary sulfonamides is 1. The molecule has 0 saturated carbocycles. The second kappa shape index (κ2) is 6.67. The van der Waals surface area contributed by atoms with Crippen LogP contribution in [-0.2, 0) is 19.5 Å². The van der Waals surface area contributed by atoms with Crippen LogP contribution in [0, 0.1) is 0 Å². The monoisotopic (exact) mass is 277 g/mol. The van der Waals surface area contributed by atoms with E-state index in [1.807, 2.05) is 0 Å². The molecule has 0 unspecified atom stereocenters. The summed E-state index contributed by atoms with van der Waals surface area (Å²) in [6, 6.07) is 0. The maximum absolute atomic E-state index is 10.9. The highest BCUT2D eigenvalue weighted by molar-refractivity contribution is 7.94. The molecule has 0 aliphatic heterocycles. The van der Waals surface area contributed by atoms with Gasteiger partial charge in [0.25, 0.3) is 0 Å². The zero-order valence-corrected chi connectivity index (χ0v) is 10.7. The number of halogens is 2. The third kappa shape index (κ3) is 5.14. The van der Waals surface area contributed by atoms with Crippen molar-refractivity contribution in [1.29, 1.82) is 0 Å². The molecule has 0 radical (unpaired) electrons. The van der Waals surface area contributed by atoms with Gasteiger partial charge in [-0.2, -0.15) is 0 Å². The van der Waals surface area contributed by atoms with Gasteiger partial charge >= 0.3 is 0 Å². The van der Waals surface area contributed by atoms with Crippen LogP contribution in [0.15, 0.2) is 9.40 Å². The third-order valence-electron chi connectivity index (χ3n) is 1.28. The average molecular weight is 278 g/mol. The predicted octanol–water partition coefficient (Wildman–Crippen LogP) is 1.32. The van der Waals surface area contributed by atoms with Crippen molar-refractivity contribution in [2.45, 2.75) is 20.1 Å². The van der Waals surface area contributed by atoms with Crippen molar-refractivity contribution >= 4 is 33.2 Å². The van der Waals surface area contributed by atoms with Crippen molar-refractivity contribution in [3.63, 3.8) is 0 Å². The molecule has 15 heavy (non-hydrogen) atoms. The minimum atomic E-state index is -4.03. The fraction of sp³-hybridized carbons (Fsp3) is 0.714. The first-order valence-electron chi connectivity index (χ1n) is 4.15. The third-order valence-corrected chi connectivity index (χ3v) is 3.42. The van der Waals surface area contributed by atoms with Gasteiger partial charge in [0.05, 0.1) is 0 Å². The number of sulfonamides is 1. The highest BCUT2D eigenvalue weighted by Gasteiger charge is 2.22. The second-order valence-corrected chi connectivity index (χ2v) is 4.92. The highest BCUT2D eigenvalue weighted by atomic mass is 35.5. The number of ether oxygens (including phenoxy) is 2. The lowest BCUT2D eigenvalue weighted by Crippen LogP contribution is -2.22. The first-order valence-corrected chi connectivity index (χ1v) is 6.46. The molecule has 0 heterocycles. The van der Waals surface area contributed by atoms with Gasteiger partial charge in [-0.15, -0.1) is 0 Å². The molecule has 0 rings (SSSR count). The van der Waals surface area contributed by atoms with Crippen molar-refractivity contribution in [3.05, 3.63) is 9.40 Å². The molecule has 8 heteroatoms. The van der Waals surface area contributed by atoms with E-state index in [2.05, 4.69) is 0 Å². The average Bonchev–Trinajstić information content (AvgIpc) is 2.14. The Balaban J connectivity index is 4.97. The molecule has 0 atom stereocenters. The Bertz CT molecular complexity index is 322. The van der Waals surface area contributed by atoms with Gasteiger partial charge in [0.15, 0.2) is 10.7 Å². The predicted molar refractivity (Wildman–Crippen MR) is 58.9 cm³/mol. The lowest BCUT2D eigenvalue weighted by molar-refractivity contribution is -0.106. The van der Waals surface area contributed by atoms with E-state index in [4.69, 9.17) is 37.8 Å². The Kier molecular flexibility index (Phi) is 6.74. The van der Waals surface area contributed by atoms with Crippen LogP contribution in [0.25, 0.3) is 0 Å². The van der Waals surface area contributed by atoms with E-state index in [9.17, 15) is 8.42 Å². The number of nitrogens with two attached hydrogens (primary N) is 1. The van der Waals surface area contributed by atoms with Gasteiger partial charge in [0, 0.05) is 13.2 Å². The molecule has 0 spiro atoms. The molecule has 0 aromatic heterocycles. The summed E-state index contributed by atoms with van der Waals surface area (Å²) in [6.07, 6.45) is -1.01. The van der Waals surface area contributed by atoms with Gasteiger partial charge in [0.2, 0.25) is 10.0 Å². The molecule has 5 nitrogen and oxygen atoms in total. The van der Waals surface area contributed by atoms with Crippen LogP contribution in [0.5, 0.6) is 0 Å². The smallest absolute Gasteiger partial charge is 0.250 e. The Morgan fingerprint density at radius 3 is 1.93 bits per heavy atom. The molecule has 0 aromatic rings. The standard InChI is InChI=1S/C7H13Cl2NO4S/c1-3-13-7(14-4-2)5(8)6(9)15(10,11)12/h7H,3-4H2,1-2H3,(H2,10,11,12)/b6-5-. The molecular weight excluding hydrogens is 265 g/mol. The SMILES string of the molecule is CCOC(OCC)/C(Cl)=C(\Cl)S(N)(=O)=O. The maximum atomic E-state index is 10.9. The highest BCUT2D eigenvalue weighted by Crippen LogP contribution is 2.23. The van der Waals surface area contributed by atoms with Crippen LogP contribution in [0.2, 0.25) is 0 Å². The van der Waals surface area contributed by atoms with Gasteiger partial charge in [-0.1, -0.05) is 23.2 Å². The minimum Gasteiger partial charge on any atom is -0.348 e. The number of rotatable bonds is 6. The molecule has 0 aliphatic carbocycles. The minimum absolute atomic E-state index is 0.275. The molecule has 0 fully saturated rings. The zero-order valence-electron chi connectivity index (χ0n) is 8.37. The van der Waals surface area contributed by atoms with Crippen molar-refractivity contribution in [2.75, 3.05) is 13.2 Å². The van der Waals surface area contributed by atoms with E-state index in [-0.39, 0.29) is 5.03 Å². The number of hydrogen-bond acceptors (Lipinski definition) is 4. The summed E-state index contributed by atoms with van der Waals surface area (Å²) in [5.41, 5.74) is 0. The van der Waals surface area contributed by atoms with Crippen LogP contribution in [0.3, 0.4) is 0 Å². The molecular formula is C7H13Cl2NO4S. The van der Waals surface area contributed by atoms with Crippen molar-refractivity contribution < 1.29 is 17.9 Å². The summed E-state index contributed by atoms with van der Waals surface area (Å²) in [4.78, 5) is 0. The number of hydrogen-bond donors (Lipinski definition) is 1. The Morgan fingerprint density at radius 2 is 1.67 bits per heavy atom. The molecule has 0 amide bonds. The van der Waals surface area contributed by atoms with E-state index in [0.717, 1.165) is 0 Å². The Morgan fingerprint density at radius 1 is 1.27 bits per heavy atom. The first-order chi connectivity index (χ1) is 6.84. The fourth-order valence-corrected chi connectivity index (χ4v) is 1.63. The van der Waals surface area contributed by atoms with Crippen molar-refractivity contribution in [2.24, 2.45) is 5.14 Å². The first kappa shape index (κ1) is 15.2. The zero-order chi connectivity index (χ0) is 12.1. The lowest BCUT2D eigenvalue weighted by atomic mass is 10.6. The summed E-state index contributed by atoms with van der Waals surface area (Å²) in [6.45, 7) is 4.02. The van der Waals surface area contributed by atoms with Crippen LogP contribution < -0.4 is 5.14 Å².